The van der Waals surface area contributed by atoms with Crippen molar-refractivity contribution >= 4 is 11.7 Å². The van der Waals surface area contributed by atoms with Gasteiger partial charge in [0.05, 0.1) is 18.6 Å². The predicted octanol–water partition coefficient (Wildman–Crippen LogP) is 1.42. The third-order valence-corrected chi connectivity index (χ3v) is 1.96. The van der Waals surface area contributed by atoms with Gasteiger partial charge in [-0.3, -0.25) is 4.79 Å². The Hall–Kier alpha value is -2.14. The number of amides is 1. The van der Waals surface area contributed by atoms with E-state index in [0.29, 0.717) is 11.5 Å². The minimum absolute atomic E-state index is 0.162. The molecule has 2 aromatic rings. The Morgan fingerprint density at radius 1 is 1.38 bits per heavy atom. The molecule has 0 aliphatic heterocycles. The van der Waals surface area contributed by atoms with Crippen LogP contribution in [0, 0.1) is 0 Å². The van der Waals surface area contributed by atoms with Crippen LogP contribution >= 0.6 is 0 Å². The van der Waals surface area contributed by atoms with Crippen LogP contribution in [0.15, 0.2) is 41.0 Å². The van der Waals surface area contributed by atoms with E-state index >= 15 is 0 Å². The Morgan fingerprint density at radius 3 is 2.94 bits per heavy atom. The van der Waals surface area contributed by atoms with Crippen molar-refractivity contribution in [2.45, 2.75) is 6.61 Å². The first kappa shape index (κ1) is 10.4. The molecule has 0 aromatic carbocycles. The summed E-state index contributed by atoms with van der Waals surface area (Å²) < 4.78 is 4.93. The number of hydrogen-bond acceptors (Lipinski definition) is 4. The summed E-state index contributed by atoms with van der Waals surface area (Å²) in [5, 5.41) is 11.5. The van der Waals surface area contributed by atoms with Gasteiger partial charge in [-0.1, -0.05) is 6.07 Å². The third-order valence-electron chi connectivity index (χ3n) is 1.96. The quantitative estimate of drug-likeness (QED) is 0.816. The normalized spacial score (nSPS) is 10.1. The van der Waals surface area contributed by atoms with E-state index < -0.39 is 0 Å². The fraction of sp³-hybridized carbons (Fsp3) is 0.0909. The standard InChI is InChI=1S/C11H10N2O3/c14-7-8-3-1-5-10(12-8)13-11(15)9-4-2-6-16-9/h1-6,14H,7H2,(H,12,13,15). The van der Waals surface area contributed by atoms with E-state index in [9.17, 15) is 4.79 Å². The van der Waals surface area contributed by atoms with Crippen molar-refractivity contribution in [2.24, 2.45) is 0 Å². The van der Waals surface area contributed by atoms with Crippen LogP contribution < -0.4 is 5.32 Å². The van der Waals surface area contributed by atoms with E-state index in [0.717, 1.165) is 0 Å². The summed E-state index contributed by atoms with van der Waals surface area (Å²) >= 11 is 0. The molecule has 1 amide bonds. The lowest BCUT2D eigenvalue weighted by molar-refractivity contribution is 0.0996. The number of carbonyl (C=O) groups excluding carboxylic acids is 1. The molecule has 0 fully saturated rings. The van der Waals surface area contributed by atoms with Crippen molar-refractivity contribution in [2.75, 3.05) is 5.32 Å². The molecule has 0 aliphatic carbocycles. The van der Waals surface area contributed by atoms with Gasteiger partial charge in [0, 0.05) is 0 Å². The number of furan rings is 1. The molecule has 0 bridgehead atoms. The number of pyridine rings is 1. The summed E-state index contributed by atoms with van der Waals surface area (Å²) in [5.41, 5.74) is 0.497. The van der Waals surface area contributed by atoms with Crippen LogP contribution in [0.1, 0.15) is 16.2 Å². The number of aliphatic hydroxyl groups is 1. The van der Waals surface area contributed by atoms with Gasteiger partial charge in [-0.2, -0.15) is 0 Å². The highest BCUT2D eigenvalue weighted by atomic mass is 16.3. The molecule has 82 valence electrons. The number of hydrogen-bond donors (Lipinski definition) is 2. The first-order valence-corrected chi connectivity index (χ1v) is 4.71. The second kappa shape index (κ2) is 4.59. The largest absolute Gasteiger partial charge is 0.459 e. The molecule has 0 saturated heterocycles. The smallest absolute Gasteiger partial charge is 0.292 e. The molecule has 0 spiro atoms. The summed E-state index contributed by atoms with van der Waals surface area (Å²) in [7, 11) is 0. The van der Waals surface area contributed by atoms with Gasteiger partial charge in [0.1, 0.15) is 5.82 Å². The Kier molecular flexibility index (Phi) is 2.98. The van der Waals surface area contributed by atoms with Gasteiger partial charge in [-0.15, -0.1) is 0 Å². The Balaban J connectivity index is 2.12. The summed E-state index contributed by atoms with van der Waals surface area (Å²) in [5.74, 6) is 0.233. The fourth-order valence-electron chi connectivity index (χ4n) is 1.22. The molecule has 0 saturated carbocycles. The van der Waals surface area contributed by atoms with E-state index in [1.807, 2.05) is 0 Å². The minimum Gasteiger partial charge on any atom is -0.459 e. The predicted molar refractivity (Wildman–Crippen MR) is 56.8 cm³/mol. The van der Waals surface area contributed by atoms with Crippen molar-refractivity contribution in [1.29, 1.82) is 0 Å². The lowest BCUT2D eigenvalue weighted by Gasteiger charge is -2.03. The Bertz CT molecular complexity index is 480. The molecule has 5 heteroatoms. The molecule has 0 aliphatic rings. The van der Waals surface area contributed by atoms with Crippen LogP contribution in [0.5, 0.6) is 0 Å². The summed E-state index contributed by atoms with van der Waals surface area (Å²) in [4.78, 5) is 15.6. The zero-order valence-electron chi connectivity index (χ0n) is 8.38. The molecular formula is C11H10N2O3. The molecule has 0 atom stereocenters. The maximum atomic E-state index is 11.6. The number of aromatic nitrogens is 1. The lowest BCUT2D eigenvalue weighted by atomic mass is 10.3. The average Bonchev–Trinajstić information content (AvgIpc) is 2.83. The number of anilines is 1. The zero-order valence-corrected chi connectivity index (χ0v) is 8.38. The van der Waals surface area contributed by atoms with Crippen LogP contribution in [0.4, 0.5) is 5.82 Å². The fourth-order valence-corrected chi connectivity index (χ4v) is 1.22. The van der Waals surface area contributed by atoms with Crippen LogP contribution in [-0.4, -0.2) is 16.0 Å². The second-order valence-corrected chi connectivity index (χ2v) is 3.10. The molecule has 2 heterocycles. The van der Waals surface area contributed by atoms with Gasteiger partial charge in [-0.05, 0) is 24.3 Å². The van der Waals surface area contributed by atoms with E-state index in [1.54, 1.807) is 30.3 Å². The highest BCUT2D eigenvalue weighted by molar-refractivity contribution is 6.01. The van der Waals surface area contributed by atoms with Crippen LogP contribution in [0.25, 0.3) is 0 Å². The Labute approximate surface area is 91.7 Å². The van der Waals surface area contributed by atoms with Crippen molar-refractivity contribution in [3.8, 4) is 0 Å². The molecule has 16 heavy (non-hydrogen) atoms. The van der Waals surface area contributed by atoms with Crippen molar-refractivity contribution in [1.82, 2.24) is 4.98 Å². The van der Waals surface area contributed by atoms with Gasteiger partial charge >= 0.3 is 0 Å². The maximum absolute atomic E-state index is 11.6. The van der Waals surface area contributed by atoms with E-state index in [1.165, 1.54) is 6.26 Å². The number of carbonyl (C=O) groups is 1. The Morgan fingerprint density at radius 2 is 2.25 bits per heavy atom. The molecular weight excluding hydrogens is 208 g/mol. The summed E-state index contributed by atoms with van der Waals surface area (Å²) in [6, 6.07) is 8.20. The molecule has 0 unspecified atom stereocenters. The van der Waals surface area contributed by atoms with E-state index in [4.69, 9.17) is 9.52 Å². The van der Waals surface area contributed by atoms with Gasteiger partial charge in [0.2, 0.25) is 0 Å². The molecule has 5 nitrogen and oxygen atoms in total. The summed E-state index contributed by atoms with van der Waals surface area (Å²) in [6.45, 7) is -0.162. The SMILES string of the molecule is O=C(Nc1cccc(CO)n1)c1ccco1. The second-order valence-electron chi connectivity index (χ2n) is 3.10. The zero-order chi connectivity index (χ0) is 11.4. The third kappa shape index (κ3) is 2.26. The molecule has 0 radical (unpaired) electrons. The van der Waals surface area contributed by atoms with E-state index in [-0.39, 0.29) is 18.3 Å². The first-order valence-electron chi connectivity index (χ1n) is 4.71. The van der Waals surface area contributed by atoms with Crippen LogP contribution in [-0.2, 0) is 6.61 Å². The van der Waals surface area contributed by atoms with Crippen molar-refractivity contribution in [3.05, 3.63) is 48.0 Å². The summed E-state index contributed by atoms with van der Waals surface area (Å²) in [6.07, 6.45) is 1.42. The molecule has 2 N–H and O–H groups in total. The maximum Gasteiger partial charge on any atom is 0.292 e. The van der Waals surface area contributed by atoms with Gasteiger partial charge < -0.3 is 14.8 Å². The van der Waals surface area contributed by atoms with Crippen LogP contribution in [0.3, 0.4) is 0 Å². The van der Waals surface area contributed by atoms with Gasteiger partial charge in [0.25, 0.3) is 5.91 Å². The van der Waals surface area contributed by atoms with Crippen LogP contribution in [0.2, 0.25) is 0 Å². The van der Waals surface area contributed by atoms with Crippen molar-refractivity contribution < 1.29 is 14.3 Å². The monoisotopic (exact) mass is 218 g/mol. The minimum atomic E-state index is -0.368. The first-order chi connectivity index (χ1) is 7.79. The molecule has 2 rings (SSSR count). The lowest BCUT2D eigenvalue weighted by Crippen LogP contribution is -2.12. The highest BCUT2D eigenvalue weighted by Gasteiger charge is 2.09. The topological polar surface area (TPSA) is 75.4 Å². The highest BCUT2D eigenvalue weighted by Crippen LogP contribution is 2.08. The number of aliphatic hydroxyl groups excluding tert-OH is 1. The number of nitrogens with one attached hydrogen (secondary N) is 1. The van der Waals surface area contributed by atoms with Crippen molar-refractivity contribution in [3.63, 3.8) is 0 Å². The van der Waals surface area contributed by atoms with Gasteiger partial charge in [0.15, 0.2) is 5.76 Å². The number of nitrogens with zero attached hydrogens (tertiary/aromatic N) is 1. The van der Waals surface area contributed by atoms with Gasteiger partial charge in [-0.25, -0.2) is 4.98 Å². The number of rotatable bonds is 3. The van der Waals surface area contributed by atoms with E-state index in [2.05, 4.69) is 10.3 Å². The average molecular weight is 218 g/mol. The molecule has 2 aromatic heterocycles.